The smallest absolute Gasteiger partial charge is 0.337 e. The van der Waals surface area contributed by atoms with Crippen LogP contribution in [0.1, 0.15) is 10.4 Å². The van der Waals surface area contributed by atoms with Crippen LogP contribution < -0.4 is 4.72 Å². The summed E-state index contributed by atoms with van der Waals surface area (Å²) in [7, 11) is -2.75. The van der Waals surface area contributed by atoms with E-state index >= 15 is 0 Å². The second-order valence-corrected chi connectivity index (χ2v) is 6.97. The van der Waals surface area contributed by atoms with Crippen molar-refractivity contribution in [2.45, 2.75) is 4.90 Å². The number of anilines is 1. The van der Waals surface area contributed by atoms with Crippen LogP contribution >= 0.6 is 0 Å². The number of nitrogens with one attached hydrogen (secondary N) is 2. The van der Waals surface area contributed by atoms with Crippen molar-refractivity contribution in [3.63, 3.8) is 0 Å². The minimum Gasteiger partial charge on any atom is -0.465 e. The van der Waals surface area contributed by atoms with Gasteiger partial charge in [0, 0.05) is 34.9 Å². The first-order valence-electron chi connectivity index (χ1n) is 7.28. The molecule has 0 saturated heterocycles. The van der Waals surface area contributed by atoms with E-state index < -0.39 is 20.9 Å². The van der Waals surface area contributed by atoms with Crippen LogP contribution in [0.25, 0.3) is 10.9 Å². The van der Waals surface area contributed by atoms with Crippen molar-refractivity contribution >= 4 is 38.3 Å². The molecule has 9 nitrogen and oxygen atoms in total. The minimum absolute atomic E-state index is 0.117. The Kier molecular flexibility index (Phi) is 4.34. The van der Waals surface area contributed by atoms with E-state index in [4.69, 9.17) is 0 Å². The van der Waals surface area contributed by atoms with Gasteiger partial charge in [-0.1, -0.05) is 0 Å². The minimum atomic E-state index is -4.00. The fourth-order valence-electron chi connectivity index (χ4n) is 2.42. The van der Waals surface area contributed by atoms with E-state index in [9.17, 15) is 23.3 Å². The van der Waals surface area contributed by atoms with Gasteiger partial charge in [0.25, 0.3) is 15.7 Å². The number of non-ortho nitro benzene ring substituents is 1. The van der Waals surface area contributed by atoms with Gasteiger partial charge < -0.3 is 9.72 Å². The molecule has 26 heavy (non-hydrogen) atoms. The van der Waals surface area contributed by atoms with Crippen LogP contribution in [0, 0.1) is 10.1 Å². The number of nitrogens with zero attached hydrogens (tertiary/aromatic N) is 1. The van der Waals surface area contributed by atoms with Gasteiger partial charge in [-0.25, -0.2) is 13.2 Å². The molecule has 2 N–H and O–H groups in total. The van der Waals surface area contributed by atoms with Crippen molar-refractivity contribution in [2.24, 2.45) is 0 Å². The molecule has 10 heteroatoms. The number of rotatable bonds is 5. The maximum Gasteiger partial charge on any atom is 0.337 e. The number of carbonyl (C=O) groups is 1. The van der Waals surface area contributed by atoms with Crippen LogP contribution in [0.4, 0.5) is 11.4 Å². The molecule has 0 bridgehead atoms. The lowest BCUT2D eigenvalue weighted by molar-refractivity contribution is -0.384. The van der Waals surface area contributed by atoms with Gasteiger partial charge in [-0.05, 0) is 30.3 Å². The van der Waals surface area contributed by atoms with Gasteiger partial charge in [0.05, 0.1) is 17.6 Å². The van der Waals surface area contributed by atoms with E-state index in [-0.39, 0.29) is 27.2 Å². The van der Waals surface area contributed by atoms with Crippen LogP contribution in [0.3, 0.4) is 0 Å². The molecular weight excluding hydrogens is 362 g/mol. The normalized spacial score (nSPS) is 11.3. The van der Waals surface area contributed by atoms with Crippen LogP contribution in [0.5, 0.6) is 0 Å². The molecule has 3 rings (SSSR count). The zero-order valence-corrected chi connectivity index (χ0v) is 14.2. The average molecular weight is 375 g/mol. The number of carbonyl (C=O) groups excluding carboxylic acids is 1. The molecule has 0 amide bonds. The van der Waals surface area contributed by atoms with E-state index in [2.05, 4.69) is 14.4 Å². The molecule has 2 aromatic carbocycles. The quantitative estimate of drug-likeness (QED) is 0.400. The largest absolute Gasteiger partial charge is 0.465 e. The van der Waals surface area contributed by atoms with Crippen LogP contribution in [-0.4, -0.2) is 31.4 Å². The van der Waals surface area contributed by atoms with Crippen molar-refractivity contribution < 1.29 is 22.9 Å². The number of hydrogen-bond donors (Lipinski definition) is 2. The number of aromatic amines is 1. The number of nitro groups is 1. The van der Waals surface area contributed by atoms with Crippen molar-refractivity contribution in [1.82, 2.24) is 4.98 Å². The number of sulfonamides is 1. The van der Waals surface area contributed by atoms with Gasteiger partial charge in [0.15, 0.2) is 0 Å². The lowest BCUT2D eigenvalue weighted by atomic mass is 10.2. The number of benzene rings is 2. The third-order valence-corrected chi connectivity index (χ3v) is 5.11. The summed E-state index contributed by atoms with van der Waals surface area (Å²) in [6.07, 6.45) is 1.26. The SMILES string of the molecule is COC(=O)c1ccc(NS(=O)(=O)c2c[nH]c3ccc([N+](=O)[O-])cc23)cc1. The third-order valence-electron chi connectivity index (χ3n) is 3.69. The Balaban J connectivity index is 1.95. The Labute approximate surface area is 147 Å². The molecule has 0 fully saturated rings. The lowest BCUT2D eigenvalue weighted by Gasteiger charge is -2.08. The van der Waals surface area contributed by atoms with E-state index in [1.54, 1.807) is 0 Å². The Morgan fingerprint density at radius 2 is 1.88 bits per heavy atom. The first-order valence-corrected chi connectivity index (χ1v) is 8.77. The molecule has 0 aliphatic heterocycles. The highest BCUT2D eigenvalue weighted by Crippen LogP contribution is 2.28. The fourth-order valence-corrected chi connectivity index (χ4v) is 3.65. The number of methoxy groups -OCH3 is 1. The molecule has 134 valence electrons. The predicted molar refractivity (Wildman–Crippen MR) is 93.5 cm³/mol. The number of esters is 1. The van der Waals surface area contributed by atoms with Gasteiger partial charge in [0.2, 0.25) is 0 Å². The number of H-pyrrole nitrogens is 1. The molecular formula is C16H13N3O6S. The van der Waals surface area contributed by atoms with Gasteiger partial charge in [-0.2, -0.15) is 0 Å². The maximum absolute atomic E-state index is 12.6. The number of ether oxygens (including phenoxy) is 1. The monoisotopic (exact) mass is 375 g/mol. The van der Waals surface area contributed by atoms with E-state index in [0.717, 1.165) is 0 Å². The first kappa shape index (κ1) is 17.4. The zero-order chi connectivity index (χ0) is 18.9. The molecule has 1 heterocycles. The topological polar surface area (TPSA) is 131 Å². The van der Waals surface area contributed by atoms with Crippen molar-refractivity contribution in [2.75, 3.05) is 11.8 Å². The number of aromatic nitrogens is 1. The number of hydrogen-bond acceptors (Lipinski definition) is 6. The maximum atomic E-state index is 12.6. The molecule has 0 atom stereocenters. The highest BCUT2D eigenvalue weighted by Gasteiger charge is 2.21. The predicted octanol–water partition coefficient (Wildman–Crippen LogP) is 2.66. The second kappa shape index (κ2) is 6.48. The molecule has 0 saturated carbocycles. The molecule has 0 aliphatic rings. The summed E-state index contributed by atoms with van der Waals surface area (Å²) in [6, 6.07) is 9.60. The van der Waals surface area contributed by atoms with Gasteiger partial charge in [-0.3, -0.25) is 14.8 Å². The molecule has 1 aromatic heterocycles. The van der Waals surface area contributed by atoms with Gasteiger partial charge >= 0.3 is 5.97 Å². The zero-order valence-electron chi connectivity index (χ0n) is 13.4. The van der Waals surface area contributed by atoms with Gasteiger partial charge in [-0.15, -0.1) is 0 Å². The molecule has 0 spiro atoms. The Morgan fingerprint density at radius 3 is 2.50 bits per heavy atom. The number of fused-ring (bicyclic) bond motifs is 1. The highest BCUT2D eigenvalue weighted by atomic mass is 32.2. The second-order valence-electron chi connectivity index (χ2n) is 5.31. The van der Waals surface area contributed by atoms with Crippen molar-refractivity contribution in [3.8, 4) is 0 Å². The van der Waals surface area contributed by atoms with E-state index in [1.165, 1.54) is 55.8 Å². The van der Waals surface area contributed by atoms with Gasteiger partial charge in [0.1, 0.15) is 4.90 Å². The van der Waals surface area contributed by atoms with E-state index in [0.29, 0.717) is 5.52 Å². The highest BCUT2D eigenvalue weighted by molar-refractivity contribution is 7.93. The lowest BCUT2D eigenvalue weighted by Crippen LogP contribution is -2.12. The summed E-state index contributed by atoms with van der Waals surface area (Å²) in [5.41, 5.74) is 0.753. The first-order chi connectivity index (χ1) is 12.3. The Morgan fingerprint density at radius 1 is 1.19 bits per heavy atom. The van der Waals surface area contributed by atoms with Crippen molar-refractivity contribution in [3.05, 3.63) is 64.3 Å². The summed E-state index contributed by atoms with van der Waals surface area (Å²) in [4.78, 5) is 24.4. The summed E-state index contributed by atoms with van der Waals surface area (Å²) in [6.45, 7) is 0. The van der Waals surface area contributed by atoms with Crippen molar-refractivity contribution in [1.29, 1.82) is 0 Å². The van der Waals surface area contributed by atoms with Crippen LogP contribution in [0.2, 0.25) is 0 Å². The Hall–Kier alpha value is -3.40. The molecule has 0 radical (unpaired) electrons. The van der Waals surface area contributed by atoms with Crippen LogP contribution in [-0.2, 0) is 14.8 Å². The fraction of sp³-hybridized carbons (Fsp3) is 0.0625. The molecule has 0 unspecified atom stereocenters. The standard InChI is InChI=1S/C16H13N3O6S/c1-25-16(20)10-2-4-11(5-3-10)18-26(23,24)15-9-17-14-7-6-12(19(21)22)8-13(14)15/h2-9,17-18H,1H3. The number of nitro benzene ring substituents is 1. The third kappa shape index (κ3) is 3.22. The summed E-state index contributed by atoms with van der Waals surface area (Å²) in [5.74, 6) is -0.539. The average Bonchev–Trinajstić information content (AvgIpc) is 3.05. The molecule has 0 aliphatic carbocycles. The summed E-state index contributed by atoms with van der Waals surface area (Å²) < 4.78 is 32.2. The summed E-state index contributed by atoms with van der Waals surface area (Å²) >= 11 is 0. The van der Waals surface area contributed by atoms with E-state index in [1.807, 2.05) is 0 Å². The summed E-state index contributed by atoms with van der Waals surface area (Å²) in [5, 5.41) is 11.1. The van der Waals surface area contributed by atoms with Crippen LogP contribution in [0.15, 0.2) is 53.6 Å². The molecule has 3 aromatic rings. The Bertz CT molecular complexity index is 1100.